The van der Waals surface area contributed by atoms with Gasteiger partial charge in [-0.25, -0.2) is 0 Å². The number of alkyl halides is 1. The summed E-state index contributed by atoms with van der Waals surface area (Å²) < 4.78 is 0. The second kappa shape index (κ2) is 17.7. The second-order valence-electron chi connectivity index (χ2n) is 7.52. The summed E-state index contributed by atoms with van der Waals surface area (Å²) in [4.78, 5) is 0. The highest BCUT2D eigenvalue weighted by Gasteiger charge is 2.24. The largest absolute Gasteiger partial charge is 0.325 e. The number of hydrogen-bond acceptors (Lipinski definition) is 1. The van der Waals surface area contributed by atoms with Crippen LogP contribution in [0.3, 0.4) is 0 Å². The lowest BCUT2D eigenvalue weighted by Gasteiger charge is -2.31. The van der Waals surface area contributed by atoms with E-state index < -0.39 is 0 Å². The average molecular weight is 457 g/mol. The maximum absolute atomic E-state index is 6.38. The molecule has 0 aliphatic carbocycles. The lowest BCUT2D eigenvalue weighted by molar-refractivity contribution is 0.285. The van der Waals surface area contributed by atoms with Crippen LogP contribution in [0.5, 0.6) is 0 Å². The summed E-state index contributed by atoms with van der Waals surface area (Å²) >= 11 is 3.51. The average Bonchev–Trinajstić information content (AvgIpc) is 2.48. The summed E-state index contributed by atoms with van der Waals surface area (Å²) in [7, 11) is 0. The SMILES string of the molecule is Br.CCCCCCCCCCCCCCC(C)C(C)(N)CCBr. The summed E-state index contributed by atoms with van der Waals surface area (Å²) in [6.45, 7) is 6.82. The first-order valence-corrected chi connectivity index (χ1v) is 11.0. The zero-order chi connectivity index (χ0) is 16.7. The fourth-order valence-electron chi connectivity index (χ4n) is 3.07. The van der Waals surface area contributed by atoms with Gasteiger partial charge in [0, 0.05) is 10.9 Å². The highest BCUT2D eigenvalue weighted by molar-refractivity contribution is 9.09. The maximum Gasteiger partial charge on any atom is 0.0159 e. The van der Waals surface area contributed by atoms with Crippen LogP contribution in [0.25, 0.3) is 0 Å². The Morgan fingerprint density at radius 3 is 1.61 bits per heavy atom. The second-order valence-corrected chi connectivity index (χ2v) is 8.32. The van der Waals surface area contributed by atoms with E-state index >= 15 is 0 Å². The van der Waals surface area contributed by atoms with Gasteiger partial charge in [0.15, 0.2) is 0 Å². The molecule has 0 rings (SSSR count). The molecule has 2 atom stereocenters. The van der Waals surface area contributed by atoms with Crippen molar-refractivity contribution >= 4 is 32.9 Å². The molecule has 0 aromatic carbocycles. The molecule has 0 bridgehead atoms. The molecule has 0 radical (unpaired) electrons. The standard InChI is InChI=1S/C20H42BrN.BrH/c1-4-5-6-7-8-9-10-11-12-13-14-15-16-19(2)20(3,22)17-18-21;/h19H,4-18,22H2,1-3H3;1H. The van der Waals surface area contributed by atoms with E-state index in [2.05, 4.69) is 36.7 Å². The van der Waals surface area contributed by atoms with E-state index in [4.69, 9.17) is 5.73 Å². The quantitative estimate of drug-likeness (QED) is 0.186. The van der Waals surface area contributed by atoms with Crippen LogP contribution in [0.4, 0.5) is 0 Å². The van der Waals surface area contributed by atoms with Crippen LogP contribution in [-0.2, 0) is 0 Å². The molecule has 0 saturated carbocycles. The number of rotatable bonds is 16. The van der Waals surface area contributed by atoms with Crippen molar-refractivity contribution in [3.8, 4) is 0 Å². The molecule has 23 heavy (non-hydrogen) atoms. The molecule has 142 valence electrons. The first kappa shape index (κ1) is 26.2. The zero-order valence-corrected chi connectivity index (χ0v) is 19.3. The monoisotopic (exact) mass is 455 g/mol. The van der Waals surface area contributed by atoms with Gasteiger partial charge in [0.2, 0.25) is 0 Å². The molecular formula is C20H43Br2N. The Kier molecular flexibility index (Phi) is 20.2. The molecule has 0 aliphatic heterocycles. The third kappa shape index (κ3) is 16.2. The van der Waals surface area contributed by atoms with Gasteiger partial charge >= 0.3 is 0 Å². The van der Waals surface area contributed by atoms with Gasteiger partial charge in [0.1, 0.15) is 0 Å². The smallest absolute Gasteiger partial charge is 0.0159 e. The molecule has 2 N–H and O–H groups in total. The Labute approximate surface area is 165 Å². The zero-order valence-electron chi connectivity index (χ0n) is 16.0. The minimum atomic E-state index is 0. The molecule has 0 spiro atoms. The third-order valence-electron chi connectivity index (χ3n) is 5.25. The van der Waals surface area contributed by atoms with E-state index in [1.54, 1.807) is 0 Å². The van der Waals surface area contributed by atoms with Gasteiger partial charge in [-0.1, -0.05) is 107 Å². The molecule has 0 fully saturated rings. The highest BCUT2D eigenvalue weighted by atomic mass is 79.9. The summed E-state index contributed by atoms with van der Waals surface area (Å²) in [5.41, 5.74) is 6.38. The highest BCUT2D eigenvalue weighted by Crippen LogP contribution is 2.24. The van der Waals surface area contributed by atoms with Crippen LogP contribution in [0.15, 0.2) is 0 Å². The molecule has 0 aliphatic rings. The van der Waals surface area contributed by atoms with Crippen molar-refractivity contribution in [2.24, 2.45) is 11.7 Å². The Bertz CT molecular complexity index is 232. The van der Waals surface area contributed by atoms with Crippen molar-refractivity contribution in [2.45, 2.75) is 116 Å². The van der Waals surface area contributed by atoms with Crippen LogP contribution >= 0.6 is 32.9 Å². The minimum Gasteiger partial charge on any atom is -0.325 e. The summed E-state index contributed by atoms with van der Waals surface area (Å²) in [5.74, 6) is 0.633. The maximum atomic E-state index is 6.38. The lowest BCUT2D eigenvalue weighted by atomic mass is 9.82. The van der Waals surface area contributed by atoms with Gasteiger partial charge in [0.05, 0.1) is 0 Å². The van der Waals surface area contributed by atoms with E-state index in [0.717, 1.165) is 11.8 Å². The fraction of sp³-hybridized carbons (Fsp3) is 1.00. The van der Waals surface area contributed by atoms with Crippen LogP contribution in [-0.4, -0.2) is 10.9 Å². The Hall–Kier alpha value is 0.920. The topological polar surface area (TPSA) is 26.0 Å². The number of hydrogen-bond donors (Lipinski definition) is 1. The van der Waals surface area contributed by atoms with Gasteiger partial charge < -0.3 is 5.73 Å². The normalized spacial score (nSPS) is 15.0. The van der Waals surface area contributed by atoms with Gasteiger partial charge in [-0.05, 0) is 25.7 Å². The summed E-state index contributed by atoms with van der Waals surface area (Å²) in [6, 6.07) is 0. The van der Waals surface area contributed by atoms with Crippen molar-refractivity contribution in [2.75, 3.05) is 5.33 Å². The van der Waals surface area contributed by atoms with Gasteiger partial charge in [-0.15, -0.1) is 17.0 Å². The Morgan fingerprint density at radius 2 is 1.22 bits per heavy atom. The van der Waals surface area contributed by atoms with E-state index in [-0.39, 0.29) is 22.5 Å². The van der Waals surface area contributed by atoms with E-state index in [9.17, 15) is 0 Å². The molecule has 1 nitrogen and oxygen atoms in total. The Balaban J connectivity index is 0. The van der Waals surface area contributed by atoms with Gasteiger partial charge in [0.25, 0.3) is 0 Å². The molecule has 0 saturated heterocycles. The number of unbranched alkanes of at least 4 members (excludes halogenated alkanes) is 11. The van der Waals surface area contributed by atoms with E-state index in [1.807, 2.05) is 0 Å². The van der Waals surface area contributed by atoms with Crippen molar-refractivity contribution in [1.82, 2.24) is 0 Å². The van der Waals surface area contributed by atoms with Crippen LogP contribution in [0.2, 0.25) is 0 Å². The molecule has 0 aromatic rings. The van der Waals surface area contributed by atoms with Crippen LogP contribution < -0.4 is 5.73 Å². The van der Waals surface area contributed by atoms with Crippen LogP contribution in [0.1, 0.15) is 111 Å². The molecule has 0 amide bonds. The Morgan fingerprint density at radius 1 is 0.826 bits per heavy atom. The molecule has 0 heterocycles. The van der Waals surface area contributed by atoms with Gasteiger partial charge in [-0.2, -0.15) is 0 Å². The van der Waals surface area contributed by atoms with Crippen molar-refractivity contribution in [3.05, 3.63) is 0 Å². The van der Waals surface area contributed by atoms with Crippen LogP contribution in [0, 0.1) is 5.92 Å². The van der Waals surface area contributed by atoms with Crippen molar-refractivity contribution < 1.29 is 0 Å². The first-order chi connectivity index (χ1) is 10.5. The van der Waals surface area contributed by atoms with E-state index in [0.29, 0.717) is 5.92 Å². The van der Waals surface area contributed by atoms with Crippen molar-refractivity contribution in [3.63, 3.8) is 0 Å². The number of halogens is 2. The predicted octanol–water partition coefficient (Wildman–Crippen LogP) is 7.79. The van der Waals surface area contributed by atoms with Gasteiger partial charge in [-0.3, -0.25) is 0 Å². The first-order valence-electron chi connectivity index (χ1n) is 9.89. The molecule has 2 unspecified atom stereocenters. The van der Waals surface area contributed by atoms with E-state index in [1.165, 1.54) is 83.5 Å². The van der Waals surface area contributed by atoms with Crippen molar-refractivity contribution in [1.29, 1.82) is 0 Å². The fourth-order valence-corrected chi connectivity index (χ4v) is 3.93. The molecule has 3 heteroatoms. The molecule has 0 aromatic heterocycles. The summed E-state index contributed by atoms with van der Waals surface area (Å²) in [5, 5.41) is 1.02. The molecular weight excluding hydrogens is 414 g/mol. The summed E-state index contributed by atoms with van der Waals surface area (Å²) in [6.07, 6.45) is 19.5. The number of nitrogens with two attached hydrogens (primary N) is 1. The third-order valence-corrected chi connectivity index (χ3v) is 5.65. The predicted molar refractivity (Wildman–Crippen MR) is 116 cm³/mol. The lowest BCUT2D eigenvalue weighted by Crippen LogP contribution is -2.43. The minimum absolute atomic E-state index is 0.